The van der Waals surface area contributed by atoms with Crippen LogP contribution in [0.5, 0.6) is 5.75 Å². The van der Waals surface area contributed by atoms with Crippen molar-refractivity contribution in [2.24, 2.45) is 5.92 Å². The van der Waals surface area contributed by atoms with Gasteiger partial charge in [0, 0.05) is 37.7 Å². The molecule has 1 aliphatic rings. The number of amides is 2. The van der Waals surface area contributed by atoms with Crippen LogP contribution in [0.15, 0.2) is 48.5 Å². The maximum atomic E-state index is 13.6. The number of aliphatic hydroxyl groups is 1. The highest BCUT2D eigenvalue weighted by Gasteiger charge is 2.33. The van der Waals surface area contributed by atoms with Crippen molar-refractivity contribution in [3.05, 3.63) is 59.7 Å². The molecule has 1 aliphatic heterocycles. The molecule has 2 aromatic rings. The van der Waals surface area contributed by atoms with Gasteiger partial charge in [-0.1, -0.05) is 37.3 Å². The molecule has 0 bridgehead atoms. The lowest BCUT2D eigenvalue weighted by molar-refractivity contribution is -0.116. The van der Waals surface area contributed by atoms with Gasteiger partial charge in [-0.3, -0.25) is 14.5 Å². The number of carbonyl (C=O) groups is 2. The first-order valence-electron chi connectivity index (χ1n) is 13.1. The van der Waals surface area contributed by atoms with Crippen molar-refractivity contribution in [2.75, 3.05) is 52.7 Å². The molecule has 1 heterocycles. The Bertz CT molecular complexity index is 1030. The minimum atomic E-state index is -0.340. The summed E-state index contributed by atoms with van der Waals surface area (Å²) in [6.07, 6.45) is 0.991. The molecule has 2 N–H and O–H groups in total. The van der Waals surface area contributed by atoms with Gasteiger partial charge in [-0.15, -0.1) is 0 Å². The van der Waals surface area contributed by atoms with E-state index in [0.29, 0.717) is 36.5 Å². The van der Waals surface area contributed by atoms with Crippen LogP contribution in [0.3, 0.4) is 0 Å². The molecule has 2 aromatic carbocycles. The number of nitrogens with zero attached hydrogens (tertiary/aromatic N) is 3. The van der Waals surface area contributed by atoms with Gasteiger partial charge in [0.15, 0.2) is 0 Å². The van der Waals surface area contributed by atoms with Gasteiger partial charge in [0.1, 0.15) is 11.9 Å². The Morgan fingerprint density at radius 1 is 1.19 bits per heavy atom. The van der Waals surface area contributed by atoms with E-state index in [1.807, 2.05) is 44.1 Å². The summed E-state index contributed by atoms with van der Waals surface area (Å²) in [7, 11) is 6.02. The summed E-state index contributed by atoms with van der Waals surface area (Å²) in [6, 6.07) is 15.2. The molecule has 0 saturated carbocycles. The average Bonchev–Trinajstić information content (AvgIpc) is 2.86. The maximum absolute atomic E-state index is 13.6. The number of hydrogen-bond donors (Lipinski definition) is 2. The third kappa shape index (κ3) is 8.28. The van der Waals surface area contributed by atoms with Crippen LogP contribution in [0.2, 0.25) is 0 Å². The number of nitrogens with one attached hydrogen (secondary N) is 1. The molecule has 0 fully saturated rings. The Kier molecular flexibility index (Phi) is 10.5. The van der Waals surface area contributed by atoms with Crippen LogP contribution in [-0.2, 0) is 11.3 Å². The van der Waals surface area contributed by atoms with Crippen molar-refractivity contribution < 1.29 is 19.4 Å². The molecule has 8 nitrogen and oxygen atoms in total. The van der Waals surface area contributed by atoms with Gasteiger partial charge in [-0.2, -0.15) is 0 Å². The van der Waals surface area contributed by atoms with E-state index in [-0.39, 0.29) is 36.5 Å². The Morgan fingerprint density at radius 3 is 2.59 bits per heavy atom. The fourth-order valence-electron chi connectivity index (χ4n) is 4.56. The molecule has 202 valence electrons. The fourth-order valence-corrected chi connectivity index (χ4v) is 4.56. The number of rotatable bonds is 11. The minimum Gasteiger partial charge on any atom is -0.488 e. The van der Waals surface area contributed by atoms with Gasteiger partial charge in [0.05, 0.1) is 18.2 Å². The smallest absolute Gasteiger partial charge is 0.258 e. The third-order valence-electron chi connectivity index (χ3n) is 6.74. The Labute approximate surface area is 221 Å². The van der Waals surface area contributed by atoms with Crippen molar-refractivity contribution in [1.82, 2.24) is 14.7 Å². The van der Waals surface area contributed by atoms with Gasteiger partial charge in [-0.25, -0.2) is 0 Å². The van der Waals surface area contributed by atoms with E-state index in [1.165, 1.54) is 5.56 Å². The maximum Gasteiger partial charge on any atom is 0.258 e. The fraction of sp³-hybridized carbons (Fsp3) is 0.517. The summed E-state index contributed by atoms with van der Waals surface area (Å²) >= 11 is 0. The molecule has 2 amide bonds. The number of benzene rings is 2. The second-order valence-electron chi connectivity index (χ2n) is 10.5. The highest BCUT2D eigenvalue weighted by Crippen LogP contribution is 2.31. The van der Waals surface area contributed by atoms with E-state index in [0.717, 1.165) is 19.5 Å². The number of anilines is 1. The molecule has 0 aromatic heterocycles. The SMILES string of the molecule is C[C@H](CO)N1C[C@H](C)[C@H](CN(C)Cc2ccccc2)Oc2ccc(NC(=O)CCCN(C)C)cc2C1=O. The molecule has 37 heavy (non-hydrogen) atoms. The lowest BCUT2D eigenvalue weighted by atomic mass is 9.99. The summed E-state index contributed by atoms with van der Waals surface area (Å²) in [5.74, 6) is 0.245. The first kappa shape index (κ1) is 28.6. The van der Waals surface area contributed by atoms with E-state index in [9.17, 15) is 14.7 Å². The molecule has 3 atom stereocenters. The van der Waals surface area contributed by atoms with E-state index >= 15 is 0 Å². The summed E-state index contributed by atoms with van der Waals surface area (Å²) in [5, 5.41) is 12.8. The van der Waals surface area contributed by atoms with Gasteiger partial charge in [0.2, 0.25) is 5.91 Å². The van der Waals surface area contributed by atoms with Crippen LogP contribution < -0.4 is 10.1 Å². The largest absolute Gasteiger partial charge is 0.488 e. The van der Waals surface area contributed by atoms with Gasteiger partial charge in [0.25, 0.3) is 5.91 Å². The molecule has 0 spiro atoms. The topological polar surface area (TPSA) is 85.3 Å². The Balaban J connectivity index is 1.82. The summed E-state index contributed by atoms with van der Waals surface area (Å²) in [4.78, 5) is 32.0. The van der Waals surface area contributed by atoms with Gasteiger partial charge in [-0.05, 0) is 64.8 Å². The highest BCUT2D eigenvalue weighted by molar-refractivity contribution is 5.99. The Hall–Kier alpha value is -2.94. The van der Waals surface area contributed by atoms with Crippen LogP contribution in [-0.4, -0.2) is 91.2 Å². The second-order valence-corrected chi connectivity index (χ2v) is 10.5. The Morgan fingerprint density at radius 2 is 1.92 bits per heavy atom. The van der Waals surface area contributed by atoms with Crippen LogP contribution in [0.25, 0.3) is 0 Å². The van der Waals surface area contributed by atoms with Gasteiger partial charge >= 0.3 is 0 Å². The van der Waals surface area contributed by atoms with Crippen LogP contribution >= 0.6 is 0 Å². The average molecular weight is 511 g/mol. The number of carbonyl (C=O) groups excluding carboxylic acids is 2. The van der Waals surface area contributed by atoms with Gasteiger partial charge < -0.3 is 25.0 Å². The summed E-state index contributed by atoms with van der Waals surface area (Å²) < 4.78 is 6.47. The molecule has 0 saturated heterocycles. The number of hydrogen-bond acceptors (Lipinski definition) is 6. The van der Waals surface area contributed by atoms with Crippen molar-refractivity contribution in [3.8, 4) is 5.75 Å². The van der Waals surface area contributed by atoms with Crippen molar-refractivity contribution in [3.63, 3.8) is 0 Å². The molecular formula is C29H42N4O4. The van der Waals surface area contributed by atoms with Crippen LogP contribution in [0.4, 0.5) is 5.69 Å². The standard InChI is InChI=1S/C29H42N4O4/c1-21-17-33(22(2)20-34)29(36)25-16-24(30-28(35)12-9-15-31(3)4)13-14-26(25)37-27(21)19-32(5)18-23-10-7-6-8-11-23/h6-8,10-11,13-14,16,21-22,27,34H,9,12,15,17-20H2,1-5H3,(H,30,35)/t21-,22+,27-/m0/s1. The van der Waals surface area contributed by atoms with Crippen molar-refractivity contribution >= 4 is 17.5 Å². The van der Waals surface area contributed by atoms with E-state index in [2.05, 4.69) is 36.3 Å². The van der Waals surface area contributed by atoms with Crippen molar-refractivity contribution in [1.29, 1.82) is 0 Å². The molecule has 0 unspecified atom stereocenters. The molecule has 3 rings (SSSR count). The number of fused-ring (bicyclic) bond motifs is 1. The zero-order chi connectivity index (χ0) is 26.9. The van der Waals surface area contributed by atoms with Crippen LogP contribution in [0.1, 0.15) is 42.6 Å². The molecule has 0 radical (unpaired) electrons. The zero-order valence-electron chi connectivity index (χ0n) is 22.8. The summed E-state index contributed by atoms with van der Waals surface area (Å²) in [5.41, 5.74) is 2.18. The van der Waals surface area contributed by atoms with E-state index in [4.69, 9.17) is 4.74 Å². The minimum absolute atomic E-state index is 0.0420. The summed E-state index contributed by atoms with van der Waals surface area (Å²) in [6.45, 7) is 6.55. The number of likely N-dealkylation sites (N-methyl/N-ethyl adjacent to an activating group) is 1. The van der Waals surface area contributed by atoms with Crippen molar-refractivity contribution in [2.45, 2.75) is 45.4 Å². The first-order chi connectivity index (χ1) is 17.7. The molecular weight excluding hydrogens is 468 g/mol. The number of ether oxygens (including phenoxy) is 1. The van der Waals surface area contributed by atoms with E-state index in [1.54, 1.807) is 23.1 Å². The quantitative estimate of drug-likeness (QED) is 0.483. The second kappa shape index (κ2) is 13.6. The zero-order valence-corrected chi connectivity index (χ0v) is 22.8. The normalized spacial score (nSPS) is 18.7. The molecule has 0 aliphatic carbocycles. The monoisotopic (exact) mass is 510 g/mol. The highest BCUT2D eigenvalue weighted by atomic mass is 16.5. The predicted octanol–water partition coefficient (Wildman–Crippen LogP) is 3.32. The first-order valence-corrected chi connectivity index (χ1v) is 13.1. The molecule has 8 heteroatoms. The lowest BCUT2D eigenvalue weighted by Gasteiger charge is -2.38. The predicted molar refractivity (Wildman–Crippen MR) is 147 cm³/mol. The van der Waals surface area contributed by atoms with Crippen LogP contribution in [0, 0.1) is 5.92 Å². The lowest BCUT2D eigenvalue weighted by Crippen LogP contribution is -2.49. The third-order valence-corrected chi connectivity index (χ3v) is 6.74. The van der Waals surface area contributed by atoms with E-state index < -0.39 is 0 Å². The number of aliphatic hydroxyl groups excluding tert-OH is 1.